The highest BCUT2D eigenvalue weighted by Crippen LogP contribution is 1.89. The van der Waals surface area contributed by atoms with E-state index < -0.39 is 0 Å². The maximum atomic E-state index is 10.8. The van der Waals surface area contributed by atoms with Gasteiger partial charge in [-0.1, -0.05) is 13.8 Å². The summed E-state index contributed by atoms with van der Waals surface area (Å²) in [6, 6.07) is 0. The molecule has 0 aromatic rings. The Bertz CT molecular complexity index is 141. The van der Waals surface area contributed by atoms with Crippen LogP contribution >= 0.6 is 0 Å². The summed E-state index contributed by atoms with van der Waals surface area (Å²) >= 11 is 0. The van der Waals surface area contributed by atoms with Gasteiger partial charge in [-0.3, -0.25) is 9.59 Å². The monoisotopic (exact) mass is 143 g/mol. The Morgan fingerprint density at radius 3 is 2.20 bits per heavy atom. The number of amides is 1. The number of rotatable bonds is 3. The summed E-state index contributed by atoms with van der Waals surface area (Å²) in [5.74, 6) is -0.136. The second-order valence-electron chi connectivity index (χ2n) is 2.57. The van der Waals surface area contributed by atoms with Gasteiger partial charge in [-0.2, -0.15) is 0 Å². The quantitative estimate of drug-likeness (QED) is 0.619. The van der Waals surface area contributed by atoms with Crippen LogP contribution in [0.2, 0.25) is 0 Å². The van der Waals surface area contributed by atoms with Crippen molar-refractivity contribution < 1.29 is 9.59 Å². The number of Topliss-reactive ketones (excluding diaryl/α,β-unsaturated/α-hetero) is 1. The van der Waals surface area contributed by atoms with Crippen LogP contribution in [-0.2, 0) is 9.59 Å². The molecule has 3 nitrogen and oxygen atoms in total. The molecule has 0 aliphatic rings. The Morgan fingerprint density at radius 2 is 1.90 bits per heavy atom. The van der Waals surface area contributed by atoms with Crippen LogP contribution in [0.15, 0.2) is 0 Å². The van der Waals surface area contributed by atoms with Gasteiger partial charge in [0.1, 0.15) is 5.78 Å². The summed E-state index contributed by atoms with van der Waals surface area (Å²) in [6.45, 7) is 5.17. The molecule has 0 bridgehead atoms. The second kappa shape index (κ2) is 4.04. The zero-order chi connectivity index (χ0) is 8.15. The summed E-state index contributed by atoms with van der Waals surface area (Å²) < 4.78 is 0. The molecule has 0 rings (SSSR count). The lowest BCUT2D eigenvalue weighted by molar-refractivity contribution is -0.126. The first-order chi connectivity index (χ1) is 4.54. The molecule has 58 valence electrons. The van der Waals surface area contributed by atoms with E-state index in [2.05, 4.69) is 5.32 Å². The van der Waals surface area contributed by atoms with Gasteiger partial charge in [0.25, 0.3) is 0 Å². The van der Waals surface area contributed by atoms with Crippen molar-refractivity contribution in [1.29, 1.82) is 0 Å². The summed E-state index contributed by atoms with van der Waals surface area (Å²) in [5, 5.41) is 2.49. The highest BCUT2D eigenvalue weighted by atomic mass is 16.2. The maximum absolute atomic E-state index is 10.8. The lowest BCUT2D eigenvalue weighted by atomic mass is 10.2. The summed E-state index contributed by atoms with van der Waals surface area (Å²) in [6.07, 6.45) is 0. The number of hydrogen-bond donors (Lipinski definition) is 1. The highest BCUT2D eigenvalue weighted by Gasteiger charge is 2.05. The van der Waals surface area contributed by atoms with Crippen LogP contribution < -0.4 is 5.32 Å². The minimum atomic E-state index is -0.0739. The number of ketones is 1. The summed E-state index contributed by atoms with van der Waals surface area (Å²) in [5.41, 5.74) is 0. The van der Waals surface area contributed by atoms with Gasteiger partial charge in [0.05, 0.1) is 6.54 Å². The molecule has 0 saturated carbocycles. The SMILES string of the molecule is CC(=O)CNC(=O)C(C)C. The van der Waals surface area contributed by atoms with E-state index in [1.54, 1.807) is 13.8 Å². The van der Waals surface area contributed by atoms with Crippen molar-refractivity contribution in [2.45, 2.75) is 20.8 Å². The molecule has 10 heavy (non-hydrogen) atoms. The molecule has 0 aliphatic carbocycles. The Morgan fingerprint density at radius 1 is 1.40 bits per heavy atom. The minimum absolute atomic E-state index is 0.0194. The fourth-order valence-corrected chi connectivity index (χ4v) is 0.416. The third kappa shape index (κ3) is 4.06. The third-order valence-corrected chi connectivity index (χ3v) is 1.04. The highest BCUT2D eigenvalue weighted by molar-refractivity contribution is 5.85. The van der Waals surface area contributed by atoms with E-state index in [9.17, 15) is 9.59 Å². The van der Waals surface area contributed by atoms with Crippen molar-refractivity contribution >= 4 is 11.7 Å². The van der Waals surface area contributed by atoms with Crippen molar-refractivity contribution in [1.82, 2.24) is 5.32 Å². The van der Waals surface area contributed by atoms with Crippen LogP contribution in [0.3, 0.4) is 0 Å². The molecule has 1 N–H and O–H groups in total. The van der Waals surface area contributed by atoms with Gasteiger partial charge in [-0.05, 0) is 6.92 Å². The van der Waals surface area contributed by atoms with E-state index in [1.807, 2.05) is 0 Å². The average Bonchev–Trinajstić information content (AvgIpc) is 1.82. The smallest absolute Gasteiger partial charge is 0.222 e. The normalized spacial score (nSPS) is 9.60. The number of carbonyl (C=O) groups excluding carboxylic acids is 2. The third-order valence-electron chi connectivity index (χ3n) is 1.04. The second-order valence-corrected chi connectivity index (χ2v) is 2.57. The lowest BCUT2D eigenvalue weighted by Gasteiger charge is -2.03. The number of nitrogens with one attached hydrogen (secondary N) is 1. The van der Waals surface area contributed by atoms with E-state index in [0.717, 1.165) is 0 Å². The van der Waals surface area contributed by atoms with E-state index in [-0.39, 0.29) is 24.2 Å². The molecular weight excluding hydrogens is 130 g/mol. The van der Waals surface area contributed by atoms with Crippen molar-refractivity contribution in [2.24, 2.45) is 5.92 Å². The fourth-order valence-electron chi connectivity index (χ4n) is 0.416. The molecular formula is C7H13NO2. The van der Waals surface area contributed by atoms with Crippen LogP contribution in [0.4, 0.5) is 0 Å². The molecule has 3 heteroatoms. The summed E-state index contributed by atoms with van der Waals surface area (Å²) in [7, 11) is 0. The minimum Gasteiger partial charge on any atom is -0.349 e. The predicted octanol–water partition coefficient (Wildman–Crippen LogP) is 0.348. The van der Waals surface area contributed by atoms with Crippen LogP contribution in [0.25, 0.3) is 0 Å². The van der Waals surface area contributed by atoms with Crippen LogP contribution in [0, 0.1) is 5.92 Å². The molecule has 0 unspecified atom stereocenters. The first-order valence-corrected chi connectivity index (χ1v) is 3.31. The van der Waals surface area contributed by atoms with E-state index >= 15 is 0 Å². The Labute approximate surface area is 60.8 Å². The molecule has 1 amide bonds. The van der Waals surface area contributed by atoms with Gasteiger partial charge in [0.2, 0.25) is 5.91 Å². The molecule has 0 aliphatic heterocycles. The zero-order valence-corrected chi connectivity index (χ0v) is 6.60. The van der Waals surface area contributed by atoms with Crippen molar-refractivity contribution in [3.8, 4) is 0 Å². The first-order valence-electron chi connectivity index (χ1n) is 3.31. The van der Waals surface area contributed by atoms with E-state index in [1.165, 1.54) is 6.92 Å². The summed E-state index contributed by atoms with van der Waals surface area (Å²) in [4.78, 5) is 21.1. The van der Waals surface area contributed by atoms with Gasteiger partial charge in [-0.15, -0.1) is 0 Å². The Balaban J connectivity index is 3.50. The molecule has 0 fully saturated rings. The van der Waals surface area contributed by atoms with Crippen LogP contribution in [-0.4, -0.2) is 18.2 Å². The molecule has 0 spiro atoms. The van der Waals surface area contributed by atoms with Crippen molar-refractivity contribution in [2.75, 3.05) is 6.54 Å². The standard InChI is InChI=1S/C7H13NO2/c1-5(2)7(10)8-4-6(3)9/h5H,4H2,1-3H3,(H,8,10). The topological polar surface area (TPSA) is 46.2 Å². The van der Waals surface area contributed by atoms with Gasteiger partial charge in [0.15, 0.2) is 0 Å². The van der Waals surface area contributed by atoms with Gasteiger partial charge >= 0.3 is 0 Å². The Kier molecular flexibility index (Phi) is 3.69. The maximum Gasteiger partial charge on any atom is 0.222 e. The van der Waals surface area contributed by atoms with Crippen molar-refractivity contribution in [3.05, 3.63) is 0 Å². The van der Waals surface area contributed by atoms with E-state index in [0.29, 0.717) is 0 Å². The van der Waals surface area contributed by atoms with E-state index in [4.69, 9.17) is 0 Å². The molecule has 0 aromatic carbocycles. The molecule has 0 heterocycles. The number of hydrogen-bond acceptors (Lipinski definition) is 2. The Hall–Kier alpha value is -0.860. The first kappa shape index (κ1) is 9.14. The molecule has 0 radical (unpaired) electrons. The largest absolute Gasteiger partial charge is 0.349 e. The molecule has 0 atom stereocenters. The van der Waals surface area contributed by atoms with Crippen LogP contribution in [0.1, 0.15) is 20.8 Å². The molecule has 0 aromatic heterocycles. The van der Waals surface area contributed by atoms with Crippen molar-refractivity contribution in [3.63, 3.8) is 0 Å². The zero-order valence-electron chi connectivity index (χ0n) is 6.60. The van der Waals surface area contributed by atoms with Crippen LogP contribution in [0.5, 0.6) is 0 Å². The molecule has 0 saturated heterocycles. The number of carbonyl (C=O) groups is 2. The predicted molar refractivity (Wildman–Crippen MR) is 38.5 cm³/mol. The fraction of sp³-hybridized carbons (Fsp3) is 0.714. The lowest BCUT2D eigenvalue weighted by Crippen LogP contribution is -2.31. The van der Waals surface area contributed by atoms with Gasteiger partial charge < -0.3 is 5.32 Å². The average molecular weight is 143 g/mol. The van der Waals surface area contributed by atoms with Gasteiger partial charge in [0, 0.05) is 5.92 Å². The van der Waals surface area contributed by atoms with Gasteiger partial charge in [-0.25, -0.2) is 0 Å².